The molecule has 1 fully saturated rings. The quantitative estimate of drug-likeness (QED) is 0.649. The molecule has 6 heteroatoms. The third kappa shape index (κ3) is 2.53. The summed E-state index contributed by atoms with van der Waals surface area (Å²) in [6.45, 7) is 4.82. The Kier molecular flexibility index (Phi) is 3.66. The van der Waals surface area contributed by atoms with Gasteiger partial charge in [-0.15, -0.1) is 0 Å². The maximum Gasteiger partial charge on any atom is 0.311 e. The van der Waals surface area contributed by atoms with Gasteiger partial charge in [-0.3, -0.25) is 10.1 Å². The zero-order valence-electron chi connectivity index (χ0n) is 10.5. The van der Waals surface area contributed by atoms with Gasteiger partial charge in [0.05, 0.1) is 12.0 Å². The SMILES string of the molecule is COc1cc(N2CCN[C@@H](C)C2)ccc1[N+](=O)[O-]. The first-order valence-corrected chi connectivity index (χ1v) is 5.92. The molecule has 1 aliphatic rings. The van der Waals surface area contributed by atoms with Crippen molar-refractivity contribution in [1.82, 2.24) is 5.32 Å². The van der Waals surface area contributed by atoms with Crippen molar-refractivity contribution in [3.8, 4) is 5.75 Å². The minimum atomic E-state index is -0.428. The Labute approximate surface area is 106 Å². The minimum absolute atomic E-state index is 0.00410. The van der Waals surface area contributed by atoms with E-state index in [2.05, 4.69) is 17.1 Å². The van der Waals surface area contributed by atoms with Gasteiger partial charge in [0.15, 0.2) is 5.75 Å². The van der Waals surface area contributed by atoms with Crippen molar-refractivity contribution in [3.05, 3.63) is 28.3 Å². The Hall–Kier alpha value is -1.82. The lowest BCUT2D eigenvalue weighted by Crippen LogP contribution is -2.49. The molecule has 0 bridgehead atoms. The Balaban J connectivity index is 2.26. The molecule has 18 heavy (non-hydrogen) atoms. The lowest BCUT2D eigenvalue weighted by Gasteiger charge is -2.33. The highest BCUT2D eigenvalue weighted by molar-refractivity contribution is 5.59. The van der Waals surface area contributed by atoms with Crippen LogP contribution in [0.25, 0.3) is 0 Å². The Morgan fingerprint density at radius 1 is 1.56 bits per heavy atom. The fourth-order valence-electron chi connectivity index (χ4n) is 2.18. The van der Waals surface area contributed by atoms with Gasteiger partial charge in [-0.05, 0) is 13.0 Å². The first-order valence-electron chi connectivity index (χ1n) is 5.92. The maximum absolute atomic E-state index is 10.8. The van der Waals surface area contributed by atoms with Crippen LogP contribution in [-0.2, 0) is 0 Å². The van der Waals surface area contributed by atoms with Crippen LogP contribution >= 0.6 is 0 Å². The molecule has 0 aliphatic carbocycles. The Bertz CT molecular complexity index is 450. The van der Waals surface area contributed by atoms with E-state index in [1.807, 2.05) is 0 Å². The van der Waals surface area contributed by atoms with Crippen LogP contribution in [0.2, 0.25) is 0 Å². The summed E-state index contributed by atoms with van der Waals surface area (Å²) < 4.78 is 5.08. The van der Waals surface area contributed by atoms with Crippen LogP contribution < -0.4 is 15.0 Å². The van der Waals surface area contributed by atoms with Crippen LogP contribution in [0.3, 0.4) is 0 Å². The largest absolute Gasteiger partial charge is 0.490 e. The van der Waals surface area contributed by atoms with Crippen molar-refractivity contribution in [2.24, 2.45) is 0 Å². The highest BCUT2D eigenvalue weighted by Gasteiger charge is 2.20. The normalized spacial score (nSPS) is 19.7. The van der Waals surface area contributed by atoms with Gasteiger partial charge in [-0.1, -0.05) is 0 Å². The van der Waals surface area contributed by atoms with Crippen LogP contribution in [0.4, 0.5) is 11.4 Å². The summed E-state index contributed by atoms with van der Waals surface area (Å²) in [5.41, 5.74) is 0.968. The van der Waals surface area contributed by atoms with Gasteiger partial charge >= 0.3 is 5.69 Å². The molecule has 1 aromatic carbocycles. The predicted molar refractivity (Wildman–Crippen MR) is 69.3 cm³/mol. The third-order valence-corrected chi connectivity index (χ3v) is 3.09. The van der Waals surface area contributed by atoms with Gasteiger partial charge in [0.25, 0.3) is 0 Å². The number of hydrogen-bond acceptors (Lipinski definition) is 5. The number of benzene rings is 1. The number of nitrogens with zero attached hydrogens (tertiary/aromatic N) is 2. The average Bonchev–Trinajstić information content (AvgIpc) is 2.37. The zero-order chi connectivity index (χ0) is 13.1. The molecule has 1 aromatic rings. The summed E-state index contributed by atoms with van der Waals surface area (Å²) in [6, 6.07) is 5.43. The monoisotopic (exact) mass is 251 g/mol. The van der Waals surface area contributed by atoms with E-state index in [1.54, 1.807) is 12.1 Å². The van der Waals surface area contributed by atoms with Gasteiger partial charge in [-0.25, -0.2) is 0 Å². The third-order valence-electron chi connectivity index (χ3n) is 3.09. The molecule has 2 rings (SSSR count). The van der Waals surface area contributed by atoms with Gasteiger partial charge < -0.3 is 15.0 Å². The Morgan fingerprint density at radius 3 is 2.94 bits per heavy atom. The highest BCUT2D eigenvalue weighted by Crippen LogP contribution is 2.31. The Morgan fingerprint density at radius 2 is 2.33 bits per heavy atom. The van der Waals surface area contributed by atoms with Gasteiger partial charge in [-0.2, -0.15) is 0 Å². The van der Waals surface area contributed by atoms with Crippen molar-refractivity contribution < 1.29 is 9.66 Å². The summed E-state index contributed by atoms with van der Waals surface area (Å²) in [5.74, 6) is 0.309. The summed E-state index contributed by atoms with van der Waals surface area (Å²) in [6.07, 6.45) is 0. The molecule has 0 amide bonds. The van der Waals surface area contributed by atoms with Crippen molar-refractivity contribution in [2.75, 3.05) is 31.6 Å². The second-order valence-electron chi connectivity index (χ2n) is 4.41. The van der Waals surface area contributed by atoms with E-state index >= 15 is 0 Å². The number of ether oxygens (including phenoxy) is 1. The molecule has 0 spiro atoms. The molecule has 0 aromatic heterocycles. The summed E-state index contributed by atoms with van der Waals surface area (Å²) in [5, 5.41) is 14.2. The fraction of sp³-hybridized carbons (Fsp3) is 0.500. The van der Waals surface area contributed by atoms with Crippen LogP contribution in [0, 0.1) is 10.1 Å². The fourth-order valence-corrected chi connectivity index (χ4v) is 2.18. The van der Waals surface area contributed by atoms with Crippen molar-refractivity contribution in [1.29, 1.82) is 0 Å². The van der Waals surface area contributed by atoms with Crippen LogP contribution in [0.5, 0.6) is 5.75 Å². The number of anilines is 1. The minimum Gasteiger partial charge on any atom is -0.490 e. The van der Waals surface area contributed by atoms with Crippen LogP contribution in [-0.4, -0.2) is 37.7 Å². The zero-order valence-corrected chi connectivity index (χ0v) is 10.5. The van der Waals surface area contributed by atoms with Crippen molar-refractivity contribution >= 4 is 11.4 Å². The lowest BCUT2D eigenvalue weighted by molar-refractivity contribution is -0.385. The average molecular weight is 251 g/mol. The molecule has 1 heterocycles. The molecule has 98 valence electrons. The molecule has 1 atom stereocenters. The van der Waals surface area contributed by atoms with E-state index in [9.17, 15) is 10.1 Å². The summed E-state index contributed by atoms with van der Waals surface area (Å²) in [7, 11) is 1.45. The number of hydrogen-bond donors (Lipinski definition) is 1. The van der Waals surface area contributed by atoms with Crippen molar-refractivity contribution in [2.45, 2.75) is 13.0 Å². The van der Waals surface area contributed by atoms with E-state index in [0.29, 0.717) is 11.8 Å². The van der Waals surface area contributed by atoms with Crippen LogP contribution in [0.1, 0.15) is 6.92 Å². The van der Waals surface area contributed by atoms with Crippen LogP contribution in [0.15, 0.2) is 18.2 Å². The van der Waals surface area contributed by atoms with Gasteiger partial charge in [0, 0.05) is 43.5 Å². The number of methoxy groups -OCH3 is 1. The molecule has 6 nitrogen and oxygen atoms in total. The first kappa shape index (κ1) is 12.6. The summed E-state index contributed by atoms with van der Waals surface area (Å²) >= 11 is 0. The molecule has 1 saturated heterocycles. The second-order valence-corrected chi connectivity index (χ2v) is 4.41. The van der Waals surface area contributed by atoms with Crippen molar-refractivity contribution in [3.63, 3.8) is 0 Å². The number of nitrogens with one attached hydrogen (secondary N) is 1. The predicted octanol–water partition coefficient (Wildman–Crippen LogP) is 1.40. The number of nitro benzene ring substituents is 1. The second kappa shape index (κ2) is 5.22. The first-order chi connectivity index (χ1) is 8.61. The smallest absolute Gasteiger partial charge is 0.311 e. The van der Waals surface area contributed by atoms with E-state index in [4.69, 9.17) is 4.74 Å². The number of rotatable bonds is 3. The topological polar surface area (TPSA) is 67.6 Å². The molecule has 0 unspecified atom stereocenters. The van der Waals surface area contributed by atoms with E-state index in [0.717, 1.165) is 25.3 Å². The lowest BCUT2D eigenvalue weighted by atomic mass is 10.2. The molecule has 0 saturated carbocycles. The molecular weight excluding hydrogens is 234 g/mol. The molecular formula is C12H17N3O3. The summed E-state index contributed by atoms with van der Waals surface area (Å²) in [4.78, 5) is 12.6. The molecule has 1 N–H and O–H groups in total. The van der Waals surface area contributed by atoms with E-state index in [-0.39, 0.29) is 5.69 Å². The van der Waals surface area contributed by atoms with E-state index < -0.39 is 4.92 Å². The standard InChI is InChI=1S/C12H17N3O3/c1-9-8-14(6-5-13-9)10-3-4-11(15(16)17)12(7-10)18-2/h3-4,7,9,13H,5-6,8H2,1-2H3/t9-/m0/s1. The highest BCUT2D eigenvalue weighted by atomic mass is 16.6. The van der Waals surface area contributed by atoms with Gasteiger partial charge in [0.1, 0.15) is 0 Å². The molecule has 1 aliphatic heterocycles. The number of piperazine rings is 1. The number of nitro groups is 1. The van der Waals surface area contributed by atoms with Gasteiger partial charge in [0.2, 0.25) is 0 Å². The van der Waals surface area contributed by atoms with E-state index in [1.165, 1.54) is 13.2 Å². The molecule has 0 radical (unpaired) electrons. The maximum atomic E-state index is 10.8.